The van der Waals surface area contributed by atoms with Crippen molar-refractivity contribution >= 4 is 23.8 Å². The van der Waals surface area contributed by atoms with Gasteiger partial charge < -0.3 is 20.2 Å². The highest BCUT2D eigenvalue weighted by atomic mass is 16.3. The molecule has 38 heavy (non-hydrogen) atoms. The number of carbonyl (C=O) groups excluding carboxylic acids is 3. The molecule has 4 rings (SSSR count). The Morgan fingerprint density at radius 1 is 0.947 bits per heavy atom. The molecule has 0 spiro atoms. The van der Waals surface area contributed by atoms with E-state index in [-0.39, 0.29) is 24.8 Å². The van der Waals surface area contributed by atoms with Crippen LogP contribution in [-0.2, 0) is 27.3 Å². The molecule has 0 bridgehead atoms. The summed E-state index contributed by atoms with van der Waals surface area (Å²) in [7, 11) is 1.71. The van der Waals surface area contributed by atoms with Gasteiger partial charge in [0.15, 0.2) is 0 Å². The number of aliphatic hydroxyl groups is 1. The Balaban J connectivity index is 1.49. The number of hydrogen-bond acceptors (Lipinski definition) is 4. The predicted molar refractivity (Wildman–Crippen MR) is 147 cm³/mol. The minimum Gasteiger partial charge on any atom is -0.391 e. The summed E-state index contributed by atoms with van der Waals surface area (Å²) in [5.41, 5.74) is 2.75. The van der Waals surface area contributed by atoms with Crippen LogP contribution in [0.4, 0.5) is 0 Å². The van der Waals surface area contributed by atoms with Crippen LogP contribution in [0.25, 0.3) is 6.08 Å². The van der Waals surface area contributed by atoms with Crippen LogP contribution in [0.5, 0.6) is 0 Å². The summed E-state index contributed by atoms with van der Waals surface area (Å²) >= 11 is 0. The van der Waals surface area contributed by atoms with Crippen molar-refractivity contribution in [2.75, 3.05) is 13.6 Å². The lowest BCUT2D eigenvalue weighted by Crippen LogP contribution is -2.53. The van der Waals surface area contributed by atoms with E-state index in [1.54, 1.807) is 18.0 Å². The molecule has 1 fully saturated rings. The molecule has 0 saturated carbocycles. The van der Waals surface area contributed by atoms with Gasteiger partial charge in [0.05, 0.1) is 6.10 Å². The molecule has 7 nitrogen and oxygen atoms in total. The number of likely N-dealkylation sites (N-methyl/N-ethyl adjacent to an activating group) is 1. The number of benzene rings is 3. The fraction of sp³-hybridized carbons (Fsp3) is 0.258. The molecule has 1 heterocycles. The smallest absolute Gasteiger partial charge is 0.247 e. The SMILES string of the molecule is CN(Cc1ccccc1)C(=O)[C@@H](Cc1ccccc1)NC(=O)C1C[C@@H](O)CN1C(=O)/C=C/c1ccccc1. The zero-order valence-electron chi connectivity index (χ0n) is 21.4. The van der Waals surface area contributed by atoms with Gasteiger partial charge in [-0.1, -0.05) is 91.0 Å². The predicted octanol–water partition coefficient (Wildman–Crippen LogP) is 3.05. The second-order valence-electron chi connectivity index (χ2n) is 9.57. The number of nitrogens with one attached hydrogen (secondary N) is 1. The first kappa shape index (κ1) is 26.8. The average Bonchev–Trinajstić information content (AvgIpc) is 3.34. The van der Waals surface area contributed by atoms with E-state index in [0.29, 0.717) is 13.0 Å². The van der Waals surface area contributed by atoms with Gasteiger partial charge in [-0.25, -0.2) is 0 Å². The van der Waals surface area contributed by atoms with Crippen LogP contribution in [0.3, 0.4) is 0 Å². The van der Waals surface area contributed by atoms with E-state index in [1.165, 1.54) is 11.0 Å². The number of aliphatic hydroxyl groups excluding tert-OH is 1. The van der Waals surface area contributed by atoms with E-state index in [2.05, 4.69) is 5.32 Å². The maximum atomic E-state index is 13.5. The zero-order chi connectivity index (χ0) is 26.9. The first-order valence-electron chi connectivity index (χ1n) is 12.8. The van der Waals surface area contributed by atoms with Gasteiger partial charge in [0.25, 0.3) is 0 Å². The summed E-state index contributed by atoms with van der Waals surface area (Å²) in [5.74, 6) is -1.05. The minimum atomic E-state index is -0.872. The lowest BCUT2D eigenvalue weighted by Gasteiger charge is -2.28. The maximum Gasteiger partial charge on any atom is 0.247 e. The van der Waals surface area contributed by atoms with Crippen LogP contribution in [-0.4, -0.2) is 64.4 Å². The molecule has 2 N–H and O–H groups in total. The van der Waals surface area contributed by atoms with Gasteiger partial charge in [-0.3, -0.25) is 14.4 Å². The summed E-state index contributed by atoms with van der Waals surface area (Å²) in [6.45, 7) is 0.457. The number of β-amino-alcohol motifs (C(OH)–C–C–N with tert-alkyl or cyclic N) is 1. The molecule has 1 aliphatic heterocycles. The van der Waals surface area contributed by atoms with Crippen molar-refractivity contribution in [3.05, 3.63) is 114 Å². The second kappa shape index (κ2) is 12.8. The van der Waals surface area contributed by atoms with Crippen molar-refractivity contribution in [3.8, 4) is 0 Å². The van der Waals surface area contributed by atoms with Crippen molar-refractivity contribution in [2.24, 2.45) is 0 Å². The first-order valence-corrected chi connectivity index (χ1v) is 12.8. The molecule has 3 amide bonds. The summed E-state index contributed by atoms with van der Waals surface area (Å²) in [6, 6.07) is 26.8. The molecule has 196 valence electrons. The van der Waals surface area contributed by atoms with Crippen LogP contribution < -0.4 is 5.32 Å². The molecular formula is C31H33N3O4. The normalized spacial score (nSPS) is 17.8. The Morgan fingerprint density at radius 2 is 1.53 bits per heavy atom. The largest absolute Gasteiger partial charge is 0.391 e. The highest BCUT2D eigenvalue weighted by Gasteiger charge is 2.39. The third-order valence-corrected chi connectivity index (χ3v) is 6.62. The van der Waals surface area contributed by atoms with E-state index in [1.807, 2.05) is 91.0 Å². The Morgan fingerprint density at radius 3 is 2.16 bits per heavy atom. The van der Waals surface area contributed by atoms with Crippen molar-refractivity contribution in [3.63, 3.8) is 0 Å². The Hall–Kier alpha value is -4.23. The maximum absolute atomic E-state index is 13.5. The van der Waals surface area contributed by atoms with Crippen molar-refractivity contribution in [1.29, 1.82) is 0 Å². The number of amides is 3. The molecule has 1 saturated heterocycles. The molecule has 3 aromatic carbocycles. The molecule has 0 aromatic heterocycles. The molecule has 3 atom stereocenters. The standard InChI is InChI=1S/C31H33N3O4/c1-33(21-25-15-9-4-10-16-25)31(38)27(19-24-13-7-3-8-14-24)32-30(37)28-20-26(35)22-34(28)29(36)18-17-23-11-5-2-6-12-23/h2-18,26-28,35H,19-22H2,1H3,(H,32,37)/b18-17+/t26-,27-,28?/m1/s1. The number of hydrogen-bond donors (Lipinski definition) is 2. The van der Waals surface area contributed by atoms with Gasteiger partial charge in [-0.15, -0.1) is 0 Å². The summed E-state index contributed by atoms with van der Waals surface area (Å²) in [6.07, 6.45) is 2.70. The molecule has 0 aliphatic carbocycles. The van der Waals surface area contributed by atoms with Gasteiger partial charge in [-0.2, -0.15) is 0 Å². The highest BCUT2D eigenvalue weighted by molar-refractivity contribution is 5.97. The van der Waals surface area contributed by atoms with Crippen molar-refractivity contribution in [1.82, 2.24) is 15.1 Å². The van der Waals surface area contributed by atoms with Crippen LogP contribution in [0, 0.1) is 0 Å². The van der Waals surface area contributed by atoms with E-state index in [4.69, 9.17) is 0 Å². The van der Waals surface area contributed by atoms with Gasteiger partial charge in [0.1, 0.15) is 12.1 Å². The average molecular weight is 512 g/mol. The van der Waals surface area contributed by atoms with Gasteiger partial charge in [0.2, 0.25) is 17.7 Å². The summed E-state index contributed by atoms with van der Waals surface area (Å²) < 4.78 is 0. The topological polar surface area (TPSA) is 89.9 Å². The van der Waals surface area contributed by atoms with E-state index in [9.17, 15) is 19.5 Å². The van der Waals surface area contributed by atoms with Crippen LogP contribution in [0.15, 0.2) is 97.1 Å². The van der Waals surface area contributed by atoms with Crippen LogP contribution in [0.1, 0.15) is 23.1 Å². The number of rotatable bonds is 9. The number of carbonyl (C=O) groups is 3. The molecule has 3 aromatic rings. The van der Waals surface area contributed by atoms with Gasteiger partial charge in [0, 0.05) is 39.1 Å². The number of likely N-dealkylation sites (tertiary alicyclic amines) is 1. The third kappa shape index (κ3) is 7.17. The molecular weight excluding hydrogens is 478 g/mol. The lowest BCUT2D eigenvalue weighted by molar-refractivity contribution is -0.139. The molecule has 0 radical (unpaired) electrons. The third-order valence-electron chi connectivity index (χ3n) is 6.62. The fourth-order valence-corrected chi connectivity index (χ4v) is 4.65. The quantitative estimate of drug-likeness (QED) is 0.432. The zero-order valence-corrected chi connectivity index (χ0v) is 21.4. The lowest BCUT2D eigenvalue weighted by atomic mass is 10.0. The molecule has 7 heteroatoms. The second-order valence-corrected chi connectivity index (χ2v) is 9.57. The Kier molecular flexibility index (Phi) is 9.06. The van der Waals surface area contributed by atoms with E-state index >= 15 is 0 Å². The van der Waals surface area contributed by atoms with E-state index in [0.717, 1.165) is 16.7 Å². The monoisotopic (exact) mass is 511 g/mol. The van der Waals surface area contributed by atoms with Gasteiger partial charge in [-0.05, 0) is 22.8 Å². The van der Waals surface area contributed by atoms with E-state index < -0.39 is 24.1 Å². The Labute approximate surface area is 223 Å². The minimum absolute atomic E-state index is 0.0568. The van der Waals surface area contributed by atoms with Crippen molar-refractivity contribution in [2.45, 2.75) is 37.6 Å². The van der Waals surface area contributed by atoms with Crippen LogP contribution >= 0.6 is 0 Å². The summed E-state index contributed by atoms with van der Waals surface area (Å²) in [4.78, 5) is 42.9. The fourth-order valence-electron chi connectivity index (χ4n) is 4.65. The van der Waals surface area contributed by atoms with Gasteiger partial charge >= 0.3 is 0 Å². The van der Waals surface area contributed by atoms with Crippen LogP contribution in [0.2, 0.25) is 0 Å². The van der Waals surface area contributed by atoms with Crippen molar-refractivity contribution < 1.29 is 19.5 Å². The highest BCUT2D eigenvalue weighted by Crippen LogP contribution is 2.20. The Bertz CT molecular complexity index is 1250. The first-order chi connectivity index (χ1) is 18.4. The molecule has 1 unspecified atom stereocenters. The summed E-state index contributed by atoms with van der Waals surface area (Å²) in [5, 5.41) is 13.2. The molecule has 1 aliphatic rings. The number of nitrogens with zero attached hydrogens (tertiary/aromatic N) is 2.